The minimum atomic E-state index is -1.56. The fraction of sp³-hybridized carbons (Fsp3) is 0.700. The molecular weight excluding hydrogens is 483 g/mol. The monoisotopic (exact) mass is 524 g/mol. The largest absolute Gasteiger partial charge is 1.00 e. The maximum absolute atomic E-state index is 10.5. The molecule has 0 atom stereocenters. The summed E-state index contributed by atoms with van der Waals surface area (Å²) in [5, 5.41) is 17.2. The van der Waals surface area contributed by atoms with E-state index in [1.807, 2.05) is 27.7 Å². The van der Waals surface area contributed by atoms with Gasteiger partial charge in [0.05, 0.1) is 0 Å². The van der Waals surface area contributed by atoms with Crippen LogP contribution in [0.3, 0.4) is 0 Å². The molecule has 0 aromatic carbocycles. The number of halogens is 1. The van der Waals surface area contributed by atoms with E-state index in [0.717, 1.165) is 24.9 Å². The Hall–Kier alpha value is -0.0162. The minimum Gasteiger partial charge on any atom is -1.00 e. The first-order valence-electron chi connectivity index (χ1n) is 10.5. The van der Waals surface area contributed by atoms with E-state index in [4.69, 9.17) is 27.9 Å². The first-order chi connectivity index (χ1) is 14.2. The van der Waals surface area contributed by atoms with Crippen molar-refractivity contribution in [2.45, 2.75) is 65.5 Å². The van der Waals surface area contributed by atoms with Gasteiger partial charge in [-0.15, -0.1) is 12.4 Å². The van der Waals surface area contributed by atoms with Crippen LogP contribution in [0.25, 0.3) is 0 Å². The standard InChI is InChI=1S/2C10H20O4Si.ClH.Na.H/c2*1-4-13-15(14-5-2)8-6-7-9(3)10(11)12;;;/h2*15H,3-8H2,1-2H3,(H,11,12);1H;;/q;;;+1;-1. The molecule has 0 saturated heterocycles. The Morgan fingerprint density at radius 1 is 0.719 bits per heavy atom. The SMILES string of the molecule is C=C(CCC[SiH](OCC)OCC)C(=O)O.C=C(CCC[SiH](OCC)OCC)C(=O)O.Cl.[H-].[Na+]. The van der Waals surface area contributed by atoms with Gasteiger partial charge >= 0.3 is 60.1 Å². The molecule has 0 radical (unpaired) electrons. The van der Waals surface area contributed by atoms with Crippen molar-refractivity contribution in [3.05, 3.63) is 24.3 Å². The zero-order chi connectivity index (χ0) is 23.4. The summed E-state index contributed by atoms with van der Waals surface area (Å²) in [6.45, 7) is 17.4. The Labute approximate surface area is 226 Å². The molecule has 0 aliphatic heterocycles. The Bertz CT molecular complexity index is 462. The molecule has 0 heterocycles. The maximum atomic E-state index is 10.5. The summed E-state index contributed by atoms with van der Waals surface area (Å²) in [5.41, 5.74) is 0.520. The molecule has 186 valence electrons. The predicted molar refractivity (Wildman–Crippen MR) is 131 cm³/mol. The second-order valence-corrected chi connectivity index (χ2v) is 10.5. The van der Waals surface area contributed by atoms with Gasteiger partial charge < -0.3 is 29.3 Å². The molecule has 2 N–H and O–H groups in total. The van der Waals surface area contributed by atoms with Gasteiger partial charge in [0.2, 0.25) is 0 Å². The molecular formula is C20H42ClNaO8Si2. The summed E-state index contributed by atoms with van der Waals surface area (Å²) in [4.78, 5) is 21.0. The summed E-state index contributed by atoms with van der Waals surface area (Å²) < 4.78 is 21.9. The van der Waals surface area contributed by atoms with Gasteiger partial charge in [-0.1, -0.05) is 13.2 Å². The molecule has 0 spiro atoms. The summed E-state index contributed by atoms with van der Waals surface area (Å²) >= 11 is 0. The van der Waals surface area contributed by atoms with Gasteiger partial charge in [-0.3, -0.25) is 0 Å². The third-order valence-electron chi connectivity index (χ3n) is 3.85. The normalized spacial score (nSPS) is 9.94. The summed E-state index contributed by atoms with van der Waals surface area (Å²) in [7, 11) is -3.12. The van der Waals surface area contributed by atoms with Gasteiger partial charge in [0.1, 0.15) is 0 Å². The Morgan fingerprint density at radius 2 is 0.969 bits per heavy atom. The van der Waals surface area contributed by atoms with Crippen LogP contribution in [0.4, 0.5) is 0 Å². The fourth-order valence-electron chi connectivity index (χ4n) is 2.35. The van der Waals surface area contributed by atoms with Gasteiger partial charge in [0.15, 0.2) is 0 Å². The third-order valence-corrected chi connectivity index (χ3v) is 8.43. The zero-order valence-corrected chi connectivity index (χ0v) is 25.5. The van der Waals surface area contributed by atoms with E-state index in [1.54, 1.807) is 0 Å². The molecule has 0 aliphatic carbocycles. The molecule has 0 amide bonds. The number of aliphatic carboxylic acids is 2. The van der Waals surface area contributed by atoms with Gasteiger partial charge in [0.25, 0.3) is 0 Å². The third kappa shape index (κ3) is 24.6. The second-order valence-electron chi connectivity index (χ2n) is 6.28. The van der Waals surface area contributed by atoms with Crippen molar-refractivity contribution >= 4 is 42.9 Å². The van der Waals surface area contributed by atoms with Gasteiger partial charge in [-0.2, -0.15) is 0 Å². The first kappa shape index (κ1) is 39.2. The van der Waals surface area contributed by atoms with E-state index < -0.39 is 30.5 Å². The summed E-state index contributed by atoms with van der Waals surface area (Å²) in [6.07, 6.45) is 2.59. The number of carbonyl (C=O) groups is 2. The molecule has 32 heavy (non-hydrogen) atoms. The van der Waals surface area contributed by atoms with Crippen molar-refractivity contribution in [1.29, 1.82) is 0 Å². The van der Waals surface area contributed by atoms with Crippen LogP contribution in [0.5, 0.6) is 0 Å². The van der Waals surface area contributed by atoms with Gasteiger partial charge in [-0.05, 0) is 65.5 Å². The van der Waals surface area contributed by atoms with Crippen LogP contribution in [0.2, 0.25) is 12.1 Å². The summed E-state index contributed by atoms with van der Waals surface area (Å²) in [5.74, 6) is -1.83. The Morgan fingerprint density at radius 3 is 1.16 bits per heavy atom. The predicted octanol–water partition coefficient (Wildman–Crippen LogP) is 0.940. The smallest absolute Gasteiger partial charge is 1.00 e. The van der Waals surface area contributed by atoms with E-state index in [9.17, 15) is 9.59 Å². The molecule has 0 unspecified atom stereocenters. The van der Waals surface area contributed by atoms with Gasteiger partial charge in [0, 0.05) is 37.6 Å². The fourth-order valence-corrected chi connectivity index (χ4v) is 5.77. The molecule has 0 aromatic heterocycles. The van der Waals surface area contributed by atoms with Crippen molar-refractivity contribution in [3.8, 4) is 0 Å². The van der Waals surface area contributed by atoms with Crippen LogP contribution >= 0.6 is 12.4 Å². The van der Waals surface area contributed by atoms with Crippen LogP contribution < -0.4 is 29.6 Å². The molecule has 12 heteroatoms. The molecule has 0 aliphatic rings. The molecule has 0 aromatic rings. The van der Waals surface area contributed by atoms with E-state index in [0.29, 0.717) is 39.3 Å². The maximum Gasteiger partial charge on any atom is 1.00 e. The molecule has 0 saturated carbocycles. The number of carboxylic acids is 2. The topological polar surface area (TPSA) is 112 Å². The van der Waals surface area contributed by atoms with Crippen molar-refractivity contribution < 1.29 is 68.5 Å². The van der Waals surface area contributed by atoms with E-state index in [2.05, 4.69) is 13.2 Å². The summed E-state index contributed by atoms with van der Waals surface area (Å²) in [6, 6.07) is 1.68. The second kappa shape index (κ2) is 27.2. The number of carboxylic acid groups (broad SMARTS) is 2. The molecule has 0 bridgehead atoms. The van der Waals surface area contributed by atoms with Crippen LogP contribution in [-0.2, 0) is 27.3 Å². The number of rotatable bonds is 18. The average Bonchev–Trinajstić information content (AvgIpc) is 2.68. The van der Waals surface area contributed by atoms with E-state index >= 15 is 0 Å². The number of hydrogen-bond acceptors (Lipinski definition) is 6. The van der Waals surface area contributed by atoms with E-state index in [-0.39, 0.29) is 54.5 Å². The Balaban J connectivity index is -0.000000145. The molecule has 0 fully saturated rings. The van der Waals surface area contributed by atoms with Crippen LogP contribution in [0, 0.1) is 0 Å². The average molecular weight is 525 g/mol. The molecule has 0 rings (SSSR count). The van der Waals surface area contributed by atoms with Crippen LogP contribution in [0.1, 0.15) is 54.8 Å². The van der Waals surface area contributed by atoms with Crippen LogP contribution in [-0.4, -0.2) is 67.1 Å². The van der Waals surface area contributed by atoms with E-state index in [1.165, 1.54) is 0 Å². The van der Waals surface area contributed by atoms with Crippen molar-refractivity contribution in [2.75, 3.05) is 26.4 Å². The molecule has 8 nitrogen and oxygen atoms in total. The van der Waals surface area contributed by atoms with Crippen molar-refractivity contribution in [3.63, 3.8) is 0 Å². The quantitative estimate of drug-likeness (QED) is 0.201. The van der Waals surface area contributed by atoms with Crippen molar-refractivity contribution in [1.82, 2.24) is 0 Å². The first-order valence-corrected chi connectivity index (χ1v) is 14.0. The Kier molecular flexibility index (Phi) is 33.4. The minimum absolute atomic E-state index is 0. The van der Waals surface area contributed by atoms with Gasteiger partial charge in [-0.25, -0.2) is 9.59 Å². The van der Waals surface area contributed by atoms with Crippen LogP contribution in [0.15, 0.2) is 24.3 Å². The number of hydrogen-bond donors (Lipinski definition) is 2. The van der Waals surface area contributed by atoms with Crippen molar-refractivity contribution in [2.24, 2.45) is 0 Å². The zero-order valence-electron chi connectivity index (χ0n) is 21.4.